The molecule has 0 aromatic rings. The highest BCUT2D eigenvalue weighted by atomic mass is 16.5. The number of amides is 3. The Kier molecular flexibility index (Phi) is 15.9. The third kappa shape index (κ3) is 8.14. The number of nitrogens with zero attached hydrogens (tertiary/aromatic N) is 1. The molecular formula is C18H37N3O5. The van der Waals surface area contributed by atoms with Crippen molar-refractivity contribution in [1.29, 1.82) is 0 Å². The van der Waals surface area contributed by atoms with Gasteiger partial charge in [-0.3, -0.25) is 14.4 Å². The van der Waals surface area contributed by atoms with E-state index in [0.717, 1.165) is 6.42 Å². The molecule has 1 aliphatic heterocycles. The summed E-state index contributed by atoms with van der Waals surface area (Å²) < 4.78 is 9.95. The molecule has 3 amide bonds. The van der Waals surface area contributed by atoms with Gasteiger partial charge in [0.25, 0.3) is 0 Å². The molecule has 0 aromatic heterocycles. The van der Waals surface area contributed by atoms with Crippen LogP contribution in [-0.4, -0.2) is 75.2 Å². The summed E-state index contributed by atoms with van der Waals surface area (Å²) in [7, 11) is 4.41. The van der Waals surface area contributed by atoms with E-state index < -0.39 is 24.1 Å². The quantitative estimate of drug-likeness (QED) is 0.690. The highest BCUT2D eigenvalue weighted by Crippen LogP contribution is 2.19. The number of hydrogen-bond acceptors (Lipinski definition) is 5. The number of ether oxygens (including phenoxy) is 2. The van der Waals surface area contributed by atoms with Crippen molar-refractivity contribution in [2.75, 3.05) is 34.4 Å². The van der Waals surface area contributed by atoms with Gasteiger partial charge in [0, 0.05) is 27.8 Å². The summed E-state index contributed by atoms with van der Waals surface area (Å²) in [5, 5.41) is 5.17. The maximum absolute atomic E-state index is 12.7. The molecule has 154 valence electrons. The SMILES string of the molecule is CC.CC.CNC(=O)C1CCCN1C(=O)C(NC(=O)COC)C(C)OC. The number of methoxy groups -OCH3 is 2. The Labute approximate surface area is 158 Å². The molecule has 0 aliphatic carbocycles. The summed E-state index contributed by atoms with van der Waals surface area (Å²) in [5.41, 5.74) is 0. The zero-order chi connectivity index (χ0) is 20.7. The van der Waals surface area contributed by atoms with Gasteiger partial charge in [0.2, 0.25) is 17.7 Å². The van der Waals surface area contributed by atoms with Crippen molar-refractivity contribution in [3.63, 3.8) is 0 Å². The van der Waals surface area contributed by atoms with E-state index in [4.69, 9.17) is 9.47 Å². The molecule has 1 fully saturated rings. The number of likely N-dealkylation sites (N-methyl/N-ethyl adjacent to an activating group) is 1. The number of nitrogens with one attached hydrogen (secondary N) is 2. The van der Waals surface area contributed by atoms with Gasteiger partial charge in [-0.05, 0) is 19.8 Å². The van der Waals surface area contributed by atoms with Crippen LogP contribution in [0.2, 0.25) is 0 Å². The Morgan fingerprint density at radius 3 is 2.19 bits per heavy atom. The topological polar surface area (TPSA) is 97.0 Å². The number of likely N-dealkylation sites (tertiary alicyclic amines) is 1. The van der Waals surface area contributed by atoms with Gasteiger partial charge in [0.15, 0.2) is 0 Å². The zero-order valence-electron chi connectivity index (χ0n) is 17.5. The molecule has 0 radical (unpaired) electrons. The van der Waals surface area contributed by atoms with Crippen molar-refractivity contribution < 1.29 is 23.9 Å². The third-order valence-corrected chi connectivity index (χ3v) is 3.78. The van der Waals surface area contributed by atoms with Crippen LogP contribution in [-0.2, 0) is 23.9 Å². The third-order valence-electron chi connectivity index (χ3n) is 3.78. The molecule has 0 bridgehead atoms. The van der Waals surface area contributed by atoms with Crippen LogP contribution in [0.4, 0.5) is 0 Å². The van der Waals surface area contributed by atoms with Gasteiger partial charge >= 0.3 is 0 Å². The standard InChI is InChI=1S/C14H25N3O5.2C2H6/c1-9(22-4)12(16-11(18)8-21-3)14(20)17-7-5-6-10(17)13(19)15-2;2*1-2/h9-10,12H,5-8H2,1-4H3,(H,15,19)(H,16,18);2*1-2H3. The summed E-state index contributed by atoms with van der Waals surface area (Å²) in [4.78, 5) is 37.8. The van der Waals surface area contributed by atoms with E-state index in [9.17, 15) is 14.4 Å². The minimum absolute atomic E-state index is 0.140. The van der Waals surface area contributed by atoms with Crippen LogP contribution in [0, 0.1) is 0 Å². The molecule has 0 spiro atoms. The van der Waals surface area contributed by atoms with Crippen LogP contribution < -0.4 is 10.6 Å². The normalized spacial score (nSPS) is 17.7. The summed E-state index contributed by atoms with van der Waals surface area (Å²) in [6, 6.07) is -1.35. The van der Waals surface area contributed by atoms with E-state index in [-0.39, 0.29) is 18.4 Å². The molecule has 26 heavy (non-hydrogen) atoms. The maximum atomic E-state index is 12.7. The molecule has 3 unspecified atom stereocenters. The number of hydrogen-bond donors (Lipinski definition) is 2. The second kappa shape index (κ2) is 15.6. The highest BCUT2D eigenvalue weighted by Gasteiger charge is 2.39. The summed E-state index contributed by atoms with van der Waals surface area (Å²) >= 11 is 0. The predicted octanol–water partition coefficient (Wildman–Crippen LogP) is 0.942. The average molecular weight is 376 g/mol. The lowest BCUT2D eigenvalue weighted by Gasteiger charge is -2.30. The molecule has 1 rings (SSSR count). The first-order valence-electron chi connectivity index (χ1n) is 9.29. The molecule has 8 nitrogen and oxygen atoms in total. The zero-order valence-corrected chi connectivity index (χ0v) is 17.5. The first-order valence-corrected chi connectivity index (χ1v) is 9.29. The van der Waals surface area contributed by atoms with E-state index in [2.05, 4.69) is 10.6 Å². The molecule has 1 aliphatic rings. The fourth-order valence-electron chi connectivity index (χ4n) is 2.51. The maximum Gasteiger partial charge on any atom is 0.248 e. The van der Waals surface area contributed by atoms with Crippen LogP contribution >= 0.6 is 0 Å². The Morgan fingerprint density at radius 1 is 1.15 bits per heavy atom. The lowest BCUT2D eigenvalue weighted by Crippen LogP contribution is -2.57. The van der Waals surface area contributed by atoms with Gasteiger partial charge in [-0.1, -0.05) is 27.7 Å². The second-order valence-corrected chi connectivity index (χ2v) is 5.22. The average Bonchev–Trinajstić information content (AvgIpc) is 3.17. The molecule has 1 heterocycles. The van der Waals surface area contributed by atoms with Crippen molar-refractivity contribution >= 4 is 17.7 Å². The van der Waals surface area contributed by atoms with Crippen molar-refractivity contribution in [2.45, 2.75) is 65.6 Å². The smallest absolute Gasteiger partial charge is 0.248 e. The largest absolute Gasteiger partial charge is 0.379 e. The summed E-state index contributed by atoms with van der Waals surface area (Å²) in [6.45, 7) is 10.0. The molecule has 2 N–H and O–H groups in total. The van der Waals surface area contributed by atoms with Gasteiger partial charge in [-0.15, -0.1) is 0 Å². The van der Waals surface area contributed by atoms with Crippen LogP contribution in [0.25, 0.3) is 0 Å². The Balaban J connectivity index is 0. The van der Waals surface area contributed by atoms with Gasteiger partial charge in [0.1, 0.15) is 18.7 Å². The van der Waals surface area contributed by atoms with Crippen LogP contribution in [0.15, 0.2) is 0 Å². The fourth-order valence-corrected chi connectivity index (χ4v) is 2.51. The van der Waals surface area contributed by atoms with E-state index >= 15 is 0 Å². The monoisotopic (exact) mass is 375 g/mol. The minimum atomic E-state index is -0.849. The van der Waals surface area contributed by atoms with Gasteiger partial charge in [-0.2, -0.15) is 0 Å². The van der Waals surface area contributed by atoms with Gasteiger partial charge in [0.05, 0.1) is 6.10 Å². The first kappa shape index (κ1) is 26.6. The van der Waals surface area contributed by atoms with Crippen LogP contribution in [0.3, 0.4) is 0 Å². The Bertz CT molecular complexity index is 418. The highest BCUT2D eigenvalue weighted by molar-refractivity contribution is 5.93. The van der Waals surface area contributed by atoms with Crippen molar-refractivity contribution in [2.24, 2.45) is 0 Å². The van der Waals surface area contributed by atoms with E-state index in [1.165, 1.54) is 19.1 Å². The molecule has 0 saturated carbocycles. The summed E-state index contributed by atoms with van der Waals surface area (Å²) in [6.07, 6.45) is 0.856. The van der Waals surface area contributed by atoms with Crippen LogP contribution in [0.1, 0.15) is 47.5 Å². The lowest BCUT2D eigenvalue weighted by atomic mass is 10.1. The molecule has 8 heteroatoms. The second-order valence-electron chi connectivity index (χ2n) is 5.22. The van der Waals surface area contributed by atoms with E-state index in [0.29, 0.717) is 13.0 Å². The predicted molar refractivity (Wildman–Crippen MR) is 102 cm³/mol. The number of carbonyl (C=O) groups is 3. The Hall–Kier alpha value is -1.67. The van der Waals surface area contributed by atoms with Gasteiger partial charge in [-0.25, -0.2) is 0 Å². The first-order chi connectivity index (χ1) is 12.5. The summed E-state index contributed by atoms with van der Waals surface area (Å²) in [5.74, 6) is -0.914. The van der Waals surface area contributed by atoms with Crippen LogP contribution in [0.5, 0.6) is 0 Å². The molecular weight excluding hydrogens is 338 g/mol. The van der Waals surface area contributed by atoms with E-state index in [1.807, 2.05) is 27.7 Å². The van der Waals surface area contributed by atoms with Crippen molar-refractivity contribution in [3.05, 3.63) is 0 Å². The lowest BCUT2D eigenvalue weighted by molar-refractivity contribution is -0.144. The van der Waals surface area contributed by atoms with Crippen molar-refractivity contribution in [3.8, 4) is 0 Å². The number of rotatable bonds is 7. The Morgan fingerprint density at radius 2 is 1.73 bits per heavy atom. The minimum Gasteiger partial charge on any atom is -0.379 e. The van der Waals surface area contributed by atoms with E-state index in [1.54, 1.807) is 14.0 Å². The molecule has 0 aromatic carbocycles. The fraction of sp³-hybridized carbons (Fsp3) is 0.833. The number of carbonyl (C=O) groups excluding carboxylic acids is 3. The van der Waals surface area contributed by atoms with Gasteiger partial charge < -0.3 is 25.0 Å². The van der Waals surface area contributed by atoms with Crippen molar-refractivity contribution in [1.82, 2.24) is 15.5 Å². The molecule has 3 atom stereocenters. The molecule has 1 saturated heterocycles.